The molecule has 1 rings (SSSR count). The lowest BCUT2D eigenvalue weighted by atomic mass is 10.3. The van der Waals surface area contributed by atoms with Gasteiger partial charge in [0.1, 0.15) is 5.82 Å². The van der Waals surface area contributed by atoms with E-state index < -0.39 is 0 Å². The van der Waals surface area contributed by atoms with Gasteiger partial charge in [0.25, 0.3) is 0 Å². The van der Waals surface area contributed by atoms with Crippen LogP contribution in [0.1, 0.15) is 6.92 Å². The van der Waals surface area contributed by atoms with Crippen molar-refractivity contribution >= 4 is 34.2 Å². The number of nitrogens with one attached hydrogen (secondary N) is 1. The van der Waals surface area contributed by atoms with E-state index in [1.807, 2.05) is 22.6 Å². The molecular formula is C9H9FINO. The van der Waals surface area contributed by atoms with Gasteiger partial charge in [0.15, 0.2) is 0 Å². The van der Waals surface area contributed by atoms with E-state index in [2.05, 4.69) is 5.32 Å². The van der Waals surface area contributed by atoms with Gasteiger partial charge in [-0.3, -0.25) is 4.79 Å². The maximum absolute atomic E-state index is 12.5. The number of hydrogen-bond acceptors (Lipinski definition) is 1. The summed E-state index contributed by atoms with van der Waals surface area (Å²) in [7, 11) is 0. The highest BCUT2D eigenvalue weighted by molar-refractivity contribution is 14.1. The second kappa shape index (κ2) is 4.55. The molecule has 0 spiro atoms. The highest BCUT2D eigenvalue weighted by Gasteiger charge is 2.07. The second-order valence-electron chi connectivity index (χ2n) is 2.61. The van der Waals surface area contributed by atoms with E-state index in [9.17, 15) is 9.18 Å². The summed E-state index contributed by atoms with van der Waals surface area (Å²) in [4.78, 5) is 11.2. The van der Waals surface area contributed by atoms with E-state index in [1.165, 1.54) is 24.3 Å². The molecule has 2 nitrogen and oxygen atoms in total. The average molecular weight is 293 g/mol. The first-order valence-corrected chi connectivity index (χ1v) is 5.04. The van der Waals surface area contributed by atoms with Gasteiger partial charge < -0.3 is 5.32 Å². The topological polar surface area (TPSA) is 29.1 Å². The first kappa shape index (κ1) is 10.4. The minimum absolute atomic E-state index is 0.0767. The summed E-state index contributed by atoms with van der Waals surface area (Å²) >= 11 is 2.02. The molecule has 70 valence electrons. The predicted molar refractivity (Wildman–Crippen MR) is 58.5 cm³/mol. The van der Waals surface area contributed by atoms with Crippen LogP contribution >= 0.6 is 22.6 Å². The fourth-order valence-corrected chi connectivity index (χ4v) is 0.931. The van der Waals surface area contributed by atoms with Crippen LogP contribution in [0, 0.1) is 5.82 Å². The first-order valence-electron chi connectivity index (χ1n) is 3.80. The van der Waals surface area contributed by atoms with Gasteiger partial charge in [-0.15, -0.1) is 0 Å². The summed E-state index contributed by atoms with van der Waals surface area (Å²) in [5.41, 5.74) is 0.620. The number of carbonyl (C=O) groups excluding carboxylic acids is 1. The Morgan fingerprint density at radius 1 is 1.46 bits per heavy atom. The van der Waals surface area contributed by atoms with Gasteiger partial charge in [0, 0.05) is 5.69 Å². The molecule has 1 atom stereocenters. The van der Waals surface area contributed by atoms with Crippen LogP contribution in [0.5, 0.6) is 0 Å². The molecule has 1 aromatic rings. The third-order valence-corrected chi connectivity index (χ3v) is 2.04. The van der Waals surface area contributed by atoms with Crippen LogP contribution in [-0.2, 0) is 4.79 Å². The van der Waals surface area contributed by atoms with Crippen molar-refractivity contribution in [1.29, 1.82) is 0 Å². The van der Waals surface area contributed by atoms with E-state index in [0.717, 1.165) is 0 Å². The monoisotopic (exact) mass is 293 g/mol. The van der Waals surface area contributed by atoms with Crippen molar-refractivity contribution in [1.82, 2.24) is 0 Å². The van der Waals surface area contributed by atoms with Crippen LogP contribution < -0.4 is 5.32 Å². The Kier molecular flexibility index (Phi) is 3.65. The van der Waals surface area contributed by atoms with Crippen LogP contribution in [0.25, 0.3) is 0 Å². The van der Waals surface area contributed by atoms with Crippen LogP contribution in [0.3, 0.4) is 0 Å². The summed E-state index contributed by atoms with van der Waals surface area (Å²) in [6.07, 6.45) is 0. The molecule has 0 unspecified atom stereocenters. The van der Waals surface area contributed by atoms with Crippen LogP contribution in [-0.4, -0.2) is 9.83 Å². The average Bonchev–Trinajstić information content (AvgIpc) is 2.08. The minimum atomic E-state index is -0.305. The Hall–Kier alpha value is -0.650. The molecule has 0 aromatic heterocycles. The second-order valence-corrected chi connectivity index (χ2v) is 4.48. The molecule has 0 aliphatic heterocycles. The molecule has 1 N–H and O–H groups in total. The number of carbonyl (C=O) groups is 1. The maximum atomic E-state index is 12.5. The van der Waals surface area contributed by atoms with Crippen molar-refractivity contribution in [3.63, 3.8) is 0 Å². The quantitative estimate of drug-likeness (QED) is 0.659. The number of hydrogen-bond donors (Lipinski definition) is 1. The molecular weight excluding hydrogens is 284 g/mol. The van der Waals surface area contributed by atoms with Crippen LogP contribution in [0.2, 0.25) is 0 Å². The largest absolute Gasteiger partial charge is 0.325 e. The van der Waals surface area contributed by atoms with Gasteiger partial charge in [0.2, 0.25) is 5.91 Å². The molecule has 0 aliphatic rings. The lowest BCUT2D eigenvalue weighted by Gasteiger charge is -2.05. The Balaban J connectivity index is 2.65. The fourth-order valence-electron chi connectivity index (χ4n) is 0.775. The number of alkyl halides is 1. The van der Waals surface area contributed by atoms with E-state index in [0.29, 0.717) is 5.69 Å². The zero-order valence-electron chi connectivity index (χ0n) is 7.05. The summed E-state index contributed by atoms with van der Waals surface area (Å²) < 4.78 is 12.4. The van der Waals surface area contributed by atoms with Crippen LogP contribution in [0.4, 0.5) is 10.1 Å². The third kappa shape index (κ3) is 3.30. The lowest BCUT2D eigenvalue weighted by Crippen LogP contribution is -2.19. The molecule has 0 saturated carbocycles. The lowest BCUT2D eigenvalue weighted by molar-refractivity contribution is -0.115. The highest BCUT2D eigenvalue weighted by Crippen LogP contribution is 2.10. The number of rotatable bonds is 2. The highest BCUT2D eigenvalue weighted by atomic mass is 127. The number of benzene rings is 1. The molecule has 0 bridgehead atoms. The molecule has 0 radical (unpaired) electrons. The van der Waals surface area contributed by atoms with E-state index in [-0.39, 0.29) is 15.6 Å². The first-order chi connectivity index (χ1) is 6.09. The van der Waals surface area contributed by atoms with Crippen molar-refractivity contribution in [2.75, 3.05) is 5.32 Å². The Morgan fingerprint density at radius 3 is 2.46 bits per heavy atom. The molecule has 0 saturated heterocycles. The molecule has 0 fully saturated rings. The Bertz CT molecular complexity index is 297. The Labute approximate surface area is 89.7 Å². The fraction of sp³-hybridized carbons (Fsp3) is 0.222. The molecule has 1 amide bonds. The van der Waals surface area contributed by atoms with E-state index >= 15 is 0 Å². The van der Waals surface area contributed by atoms with Gasteiger partial charge in [-0.2, -0.15) is 0 Å². The number of halogens is 2. The summed E-state index contributed by atoms with van der Waals surface area (Å²) in [6.45, 7) is 1.79. The van der Waals surface area contributed by atoms with Crippen molar-refractivity contribution in [2.24, 2.45) is 0 Å². The zero-order valence-corrected chi connectivity index (χ0v) is 9.21. The van der Waals surface area contributed by atoms with Gasteiger partial charge >= 0.3 is 0 Å². The summed E-state index contributed by atoms with van der Waals surface area (Å²) in [5, 5.41) is 2.66. The SMILES string of the molecule is C[C@@H](I)C(=O)Nc1ccc(F)cc1. The summed E-state index contributed by atoms with van der Waals surface area (Å²) in [5.74, 6) is -0.382. The molecule has 1 aromatic carbocycles. The smallest absolute Gasteiger partial charge is 0.237 e. The summed E-state index contributed by atoms with van der Waals surface area (Å²) in [6, 6.07) is 5.69. The number of amides is 1. The molecule has 13 heavy (non-hydrogen) atoms. The van der Waals surface area contributed by atoms with Crippen molar-refractivity contribution in [3.8, 4) is 0 Å². The molecule has 0 heterocycles. The van der Waals surface area contributed by atoms with Crippen molar-refractivity contribution < 1.29 is 9.18 Å². The van der Waals surface area contributed by atoms with E-state index in [1.54, 1.807) is 6.92 Å². The van der Waals surface area contributed by atoms with E-state index in [4.69, 9.17) is 0 Å². The predicted octanol–water partition coefficient (Wildman–Crippen LogP) is 2.59. The minimum Gasteiger partial charge on any atom is -0.325 e. The van der Waals surface area contributed by atoms with Crippen molar-refractivity contribution in [3.05, 3.63) is 30.1 Å². The van der Waals surface area contributed by atoms with Gasteiger partial charge in [-0.05, 0) is 31.2 Å². The number of anilines is 1. The van der Waals surface area contributed by atoms with Gasteiger partial charge in [-0.25, -0.2) is 4.39 Å². The molecule has 0 aliphatic carbocycles. The standard InChI is InChI=1S/C9H9FINO/c1-6(11)9(13)12-8-4-2-7(10)3-5-8/h2-6H,1H3,(H,12,13)/t6-/m1/s1. The maximum Gasteiger partial charge on any atom is 0.237 e. The zero-order chi connectivity index (χ0) is 9.84. The van der Waals surface area contributed by atoms with Crippen LogP contribution in [0.15, 0.2) is 24.3 Å². The normalized spacial score (nSPS) is 12.2. The molecule has 4 heteroatoms. The van der Waals surface area contributed by atoms with Gasteiger partial charge in [-0.1, -0.05) is 22.6 Å². The van der Waals surface area contributed by atoms with Gasteiger partial charge in [0.05, 0.1) is 3.92 Å². The third-order valence-electron chi connectivity index (χ3n) is 1.47. The van der Waals surface area contributed by atoms with Crippen molar-refractivity contribution in [2.45, 2.75) is 10.8 Å². The Morgan fingerprint density at radius 2 is 2.00 bits per heavy atom.